The molecular weight excluding hydrogens is 356 g/mol. The second-order valence-electron chi connectivity index (χ2n) is 5.33. The van der Waals surface area contributed by atoms with Gasteiger partial charge >= 0.3 is 0 Å². The molecule has 2 rings (SSSR count). The van der Waals surface area contributed by atoms with Crippen molar-refractivity contribution in [3.05, 3.63) is 28.2 Å². The van der Waals surface area contributed by atoms with Gasteiger partial charge in [-0.25, -0.2) is 0 Å². The number of amides is 1. The fourth-order valence-electron chi connectivity index (χ4n) is 2.26. The summed E-state index contributed by atoms with van der Waals surface area (Å²) in [6.45, 7) is 5.88. The van der Waals surface area contributed by atoms with Gasteiger partial charge in [-0.15, -0.1) is 12.4 Å². The number of rotatable bonds is 5. The van der Waals surface area contributed by atoms with Crippen molar-refractivity contribution in [3.63, 3.8) is 0 Å². The minimum Gasteiger partial charge on any atom is -0.496 e. The van der Waals surface area contributed by atoms with Crippen LogP contribution in [-0.2, 0) is 4.79 Å². The van der Waals surface area contributed by atoms with Crippen LogP contribution in [0.2, 0.25) is 0 Å². The summed E-state index contributed by atoms with van der Waals surface area (Å²) in [4.78, 5) is 12.2. The molecule has 118 valence electrons. The molecule has 0 saturated carbocycles. The number of halogens is 2. The Balaban J connectivity index is 0.00000220. The van der Waals surface area contributed by atoms with Gasteiger partial charge in [0.15, 0.2) is 0 Å². The molecule has 6 heteroatoms. The van der Waals surface area contributed by atoms with Crippen molar-refractivity contribution in [2.24, 2.45) is 11.8 Å². The lowest BCUT2D eigenvalue weighted by atomic mass is 9.88. The smallest absolute Gasteiger partial charge is 0.223 e. The van der Waals surface area contributed by atoms with Crippen molar-refractivity contribution in [1.82, 2.24) is 10.6 Å². The Bertz CT molecular complexity index is 495. The molecule has 4 nitrogen and oxygen atoms in total. The first-order valence-electron chi connectivity index (χ1n) is 6.87. The summed E-state index contributed by atoms with van der Waals surface area (Å²) in [7, 11) is 1.64. The number of methoxy groups -OCH3 is 1. The zero-order valence-electron chi connectivity index (χ0n) is 12.5. The fourth-order valence-corrected chi connectivity index (χ4v) is 2.82. The van der Waals surface area contributed by atoms with Gasteiger partial charge in [0.2, 0.25) is 5.91 Å². The maximum absolute atomic E-state index is 12.2. The van der Waals surface area contributed by atoms with Gasteiger partial charge in [-0.1, -0.05) is 13.0 Å². The van der Waals surface area contributed by atoms with E-state index in [9.17, 15) is 4.79 Å². The summed E-state index contributed by atoms with van der Waals surface area (Å²) < 4.78 is 6.11. The van der Waals surface area contributed by atoms with Gasteiger partial charge in [-0.05, 0) is 59.6 Å². The number of hydrogen-bond acceptors (Lipinski definition) is 3. The maximum atomic E-state index is 12.2. The Morgan fingerprint density at radius 3 is 2.57 bits per heavy atom. The molecule has 1 heterocycles. The predicted molar refractivity (Wildman–Crippen MR) is 90.0 cm³/mol. The third-order valence-corrected chi connectivity index (χ3v) is 4.59. The third-order valence-electron chi connectivity index (χ3n) is 3.97. The van der Waals surface area contributed by atoms with E-state index in [4.69, 9.17) is 4.74 Å². The zero-order chi connectivity index (χ0) is 14.7. The van der Waals surface area contributed by atoms with Gasteiger partial charge in [0.25, 0.3) is 0 Å². The molecule has 1 amide bonds. The lowest BCUT2D eigenvalue weighted by Gasteiger charge is -2.32. The Morgan fingerprint density at radius 2 is 2.10 bits per heavy atom. The van der Waals surface area contributed by atoms with Crippen molar-refractivity contribution in [2.75, 3.05) is 20.2 Å². The number of nitrogens with one attached hydrogen (secondary N) is 2. The van der Waals surface area contributed by atoms with E-state index >= 15 is 0 Å². The van der Waals surface area contributed by atoms with Crippen LogP contribution in [-0.4, -0.2) is 26.1 Å². The number of carbonyl (C=O) groups is 1. The van der Waals surface area contributed by atoms with E-state index in [0.29, 0.717) is 5.92 Å². The topological polar surface area (TPSA) is 50.4 Å². The van der Waals surface area contributed by atoms with Crippen LogP contribution in [0.4, 0.5) is 0 Å². The van der Waals surface area contributed by atoms with Crippen LogP contribution in [0.1, 0.15) is 25.5 Å². The van der Waals surface area contributed by atoms with Gasteiger partial charge in [0.1, 0.15) is 5.75 Å². The Morgan fingerprint density at radius 1 is 1.43 bits per heavy atom. The van der Waals surface area contributed by atoms with Crippen LogP contribution in [0.5, 0.6) is 5.75 Å². The third kappa shape index (κ3) is 4.34. The number of benzene rings is 1. The van der Waals surface area contributed by atoms with E-state index in [2.05, 4.69) is 26.6 Å². The van der Waals surface area contributed by atoms with E-state index in [-0.39, 0.29) is 30.3 Å². The summed E-state index contributed by atoms with van der Waals surface area (Å²) in [5.41, 5.74) is 1.06. The summed E-state index contributed by atoms with van der Waals surface area (Å²) in [5, 5.41) is 6.28. The minimum atomic E-state index is -0.0137. The highest BCUT2D eigenvalue weighted by atomic mass is 79.9. The van der Waals surface area contributed by atoms with Crippen LogP contribution in [0.3, 0.4) is 0 Å². The quantitative estimate of drug-likeness (QED) is 0.829. The van der Waals surface area contributed by atoms with Gasteiger partial charge in [0, 0.05) is 5.92 Å². The van der Waals surface area contributed by atoms with Crippen LogP contribution < -0.4 is 15.4 Å². The Labute approximate surface area is 140 Å². The Hall–Kier alpha value is -0.780. The second-order valence-corrected chi connectivity index (χ2v) is 6.19. The van der Waals surface area contributed by atoms with E-state index in [1.54, 1.807) is 7.11 Å². The average Bonchev–Trinajstić information content (AvgIpc) is 2.36. The van der Waals surface area contributed by atoms with E-state index in [1.165, 1.54) is 0 Å². The highest BCUT2D eigenvalue weighted by Crippen LogP contribution is 2.28. The molecule has 2 N–H and O–H groups in total. The van der Waals surface area contributed by atoms with Crippen molar-refractivity contribution >= 4 is 34.2 Å². The number of carbonyl (C=O) groups excluding carboxylic acids is 1. The first-order valence-corrected chi connectivity index (χ1v) is 7.66. The number of hydrogen-bond donors (Lipinski definition) is 2. The molecule has 1 saturated heterocycles. The van der Waals surface area contributed by atoms with E-state index in [0.717, 1.165) is 28.9 Å². The minimum absolute atomic E-state index is 0. The Kier molecular flexibility index (Phi) is 6.97. The van der Waals surface area contributed by atoms with Gasteiger partial charge in [-0.2, -0.15) is 0 Å². The lowest BCUT2D eigenvalue weighted by Crippen LogP contribution is -2.49. The van der Waals surface area contributed by atoms with Crippen molar-refractivity contribution in [3.8, 4) is 5.75 Å². The number of ether oxygens (including phenoxy) is 1. The molecular formula is C15H22BrClN2O2. The lowest BCUT2D eigenvalue weighted by molar-refractivity contribution is -0.127. The van der Waals surface area contributed by atoms with Gasteiger partial charge in [-0.3, -0.25) is 4.79 Å². The van der Waals surface area contributed by atoms with Crippen molar-refractivity contribution < 1.29 is 9.53 Å². The molecule has 1 fully saturated rings. The summed E-state index contributed by atoms with van der Waals surface area (Å²) in [5.74, 6) is 1.43. The molecule has 21 heavy (non-hydrogen) atoms. The van der Waals surface area contributed by atoms with Gasteiger partial charge in [0.05, 0.1) is 17.6 Å². The molecule has 1 aromatic rings. The molecule has 1 aliphatic rings. The first-order chi connectivity index (χ1) is 9.52. The summed E-state index contributed by atoms with van der Waals surface area (Å²) in [6.07, 6.45) is 0. The highest BCUT2D eigenvalue weighted by Gasteiger charge is 2.29. The summed E-state index contributed by atoms with van der Waals surface area (Å²) in [6, 6.07) is 5.85. The van der Waals surface area contributed by atoms with Crippen molar-refractivity contribution in [2.45, 2.75) is 19.9 Å². The van der Waals surface area contributed by atoms with Crippen LogP contribution in [0, 0.1) is 11.8 Å². The van der Waals surface area contributed by atoms with Crippen LogP contribution in [0.15, 0.2) is 22.7 Å². The largest absolute Gasteiger partial charge is 0.496 e. The highest BCUT2D eigenvalue weighted by molar-refractivity contribution is 9.10. The normalized spacial score (nSPS) is 17.1. The first kappa shape index (κ1) is 18.3. The zero-order valence-corrected chi connectivity index (χ0v) is 14.9. The molecule has 0 bridgehead atoms. The molecule has 1 aliphatic heterocycles. The average molecular weight is 378 g/mol. The molecule has 1 aromatic carbocycles. The SMILES string of the molecule is COc1ccc(C(C)NC(=O)C(C)C2CNC2)cc1Br.Cl. The van der Waals surface area contributed by atoms with Crippen molar-refractivity contribution in [1.29, 1.82) is 0 Å². The van der Waals surface area contributed by atoms with E-state index in [1.807, 2.05) is 32.0 Å². The van der Waals surface area contributed by atoms with Gasteiger partial charge < -0.3 is 15.4 Å². The second kappa shape index (κ2) is 8.01. The molecule has 2 unspecified atom stereocenters. The molecule has 0 spiro atoms. The van der Waals surface area contributed by atoms with E-state index < -0.39 is 0 Å². The molecule has 2 atom stereocenters. The fraction of sp³-hybridized carbons (Fsp3) is 0.533. The predicted octanol–water partition coefficient (Wildman–Crippen LogP) is 2.91. The van der Waals surface area contributed by atoms with Crippen LogP contribution >= 0.6 is 28.3 Å². The van der Waals surface area contributed by atoms with Crippen LogP contribution in [0.25, 0.3) is 0 Å². The standard InChI is InChI=1S/C15H21BrN2O2.ClH/c1-9(12-7-17-8-12)15(19)18-10(2)11-4-5-14(20-3)13(16)6-11;/h4-6,9-10,12,17H,7-8H2,1-3H3,(H,18,19);1H. The molecule has 0 aromatic heterocycles. The maximum Gasteiger partial charge on any atom is 0.223 e. The molecule has 0 radical (unpaired) electrons. The monoisotopic (exact) mass is 376 g/mol. The summed E-state index contributed by atoms with van der Waals surface area (Å²) >= 11 is 3.47. The molecule has 0 aliphatic carbocycles.